The van der Waals surface area contributed by atoms with Crippen LogP contribution in [0.2, 0.25) is 0 Å². The first kappa shape index (κ1) is 11.3. The third-order valence-corrected chi connectivity index (χ3v) is 2.82. The molecule has 0 bridgehead atoms. The van der Waals surface area contributed by atoms with E-state index in [2.05, 4.69) is 0 Å². The fourth-order valence-corrected chi connectivity index (χ4v) is 2.00. The lowest BCUT2D eigenvalue weighted by molar-refractivity contribution is 0.452. The van der Waals surface area contributed by atoms with Crippen LogP contribution in [0.15, 0.2) is 33.5 Å². The highest BCUT2D eigenvalue weighted by Crippen LogP contribution is 2.32. The van der Waals surface area contributed by atoms with Crippen molar-refractivity contribution < 1.29 is 24.1 Å². The molecule has 0 spiro atoms. The van der Waals surface area contributed by atoms with E-state index in [-0.39, 0.29) is 22.1 Å². The normalized spacial score (nSPS) is 11.2. The molecule has 0 radical (unpaired) electrons. The molecule has 3 aromatic rings. The van der Waals surface area contributed by atoms with Gasteiger partial charge in [-0.25, -0.2) is 4.39 Å². The Balaban J connectivity index is 2.69. The fraction of sp³-hybridized carbons (Fsp3) is 0. The zero-order valence-corrected chi connectivity index (χ0v) is 9.35. The quantitative estimate of drug-likeness (QED) is 0.540. The van der Waals surface area contributed by atoms with Gasteiger partial charge in [0.05, 0.1) is 0 Å². The minimum atomic E-state index is -0.824. The van der Waals surface area contributed by atoms with Crippen LogP contribution < -0.4 is 5.43 Å². The van der Waals surface area contributed by atoms with E-state index in [9.17, 15) is 24.5 Å². The Morgan fingerprint density at radius 3 is 2.47 bits per heavy atom. The zero-order valence-electron chi connectivity index (χ0n) is 9.35. The van der Waals surface area contributed by atoms with Crippen molar-refractivity contribution in [2.24, 2.45) is 0 Å². The molecule has 1 heterocycles. The maximum atomic E-state index is 13.6. The lowest BCUT2D eigenvalue weighted by atomic mass is 10.1. The van der Waals surface area contributed by atoms with Gasteiger partial charge in [0.25, 0.3) is 0 Å². The number of rotatable bonds is 0. The first-order valence-corrected chi connectivity index (χ1v) is 5.29. The SMILES string of the molecule is O=c1c2c(O)cc(O)cc2oc2c(F)ccc(O)c12. The lowest BCUT2D eigenvalue weighted by Crippen LogP contribution is -2.03. The average molecular weight is 262 g/mol. The summed E-state index contributed by atoms with van der Waals surface area (Å²) in [5, 5.41) is 28.0. The molecule has 6 heteroatoms. The van der Waals surface area contributed by atoms with E-state index in [1.54, 1.807) is 0 Å². The van der Waals surface area contributed by atoms with Crippen LogP contribution in [0.25, 0.3) is 21.9 Å². The van der Waals surface area contributed by atoms with Crippen LogP contribution in [0, 0.1) is 5.82 Å². The average Bonchev–Trinajstić information content (AvgIpc) is 2.32. The second kappa shape index (κ2) is 3.61. The van der Waals surface area contributed by atoms with E-state index >= 15 is 0 Å². The largest absolute Gasteiger partial charge is 0.508 e. The molecule has 2 aromatic carbocycles. The van der Waals surface area contributed by atoms with E-state index in [0.29, 0.717) is 0 Å². The van der Waals surface area contributed by atoms with Crippen LogP contribution in [0.1, 0.15) is 0 Å². The summed E-state index contributed by atoms with van der Waals surface area (Å²) in [7, 11) is 0. The predicted molar refractivity (Wildman–Crippen MR) is 64.9 cm³/mol. The van der Waals surface area contributed by atoms with Crippen LogP contribution in [-0.4, -0.2) is 15.3 Å². The minimum absolute atomic E-state index is 0.167. The third kappa shape index (κ3) is 1.50. The van der Waals surface area contributed by atoms with E-state index in [1.165, 1.54) is 0 Å². The van der Waals surface area contributed by atoms with Gasteiger partial charge in [-0.2, -0.15) is 0 Å². The topological polar surface area (TPSA) is 90.9 Å². The number of benzene rings is 2. The molecular weight excluding hydrogens is 255 g/mol. The first-order valence-electron chi connectivity index (χ1n) is 5.29. The molecular formula is C13H7FO5. The van der Waals surface area contributed by atoms with Gasteiger partial charge < -0.3 is 19.7 Å². The first-order chi connectivity index (χ1) is 8.99. The van der Waals surface area contributed by atoms with Crippen molar-refractivity contribution in [3.63, 3.8) is 0 Å². The maximum absolute atomic E-state index is 13.6. The lowest BCUT2D eigenvalue weighted by Gasteiger charge is -2.05. The molecule has 0 aliphatic rings. The summed E-state index contributed by atoms with van der Waals surface area (Å²) in [6.45, 7) is 0. The molecule has 0 atom stereocenters. The fourth-order valence-electron chi connectivity index (χ4n) is 2.00. The van der Waals surface area contributed by atoms with Crippen LogP contribution >= 0.6 is 0 Å². The Kier molecular flexibility index (Phi) is 2.16. The van der Waals surface area contributed by atoms with E-state index in [1.807, 2.05) is 0 Å². The van der Waals surface area contributed by atoms with E-state index < -0.39 is 28.3 Å². The van der Waals surface area contributed by atoms with E-state index in [4.69, 9.17) is 4.42 Å². The molecule has 0 aliphatic carbocycles. The minimum Gasteiger partial charge on any atom is -0.508 e. The van der Waals surface area contributed by atoms with Gasteiger partial charge in [-0.15, -0.1) is 0 Å². The number of phenols is 3. The Morgan fingerprint density at radius 1 is 1.00 bits per heavy atom. The van der Waals surface area contributed by atoms with Crippen molar-refractivity contribution >= 4 is 21.9 Å². The molecule has 0 unspecified atom stereocenters. The summed E-state index contributed by atoms with van der Waals surface area (Å²) in [6, 6.07) is 4.02. The van der Waals surface area contributed by atoms with Crippen LogP contribution in [0.3, 0.4) is 0 Å². The highest BCUT2D eigenvalue weighted by atomic mass is 19.1. The molecule has 5 nitrogen and oxygen atoms in total. The van der Waals surface area contributed by atoms with Crippen LogP contribution in [0.4, 0.5) is 4.39 Å². The van der Waals surface area contributed by atoms with Crippen molar-refractivity contribution in [3.8, 4) is 17.2 Å². The van der Waals surface area contributed by atoms with Gasteiger partial charge in [-0.3, -0.25) is 4.79 Å². The van der Waals surface area contributed by atoms with Crippen LogP contribution in [0.5, 0.6) is 17.2 Å². The Hall–Kier alpha value is -2.76. The molecule has 0 saturated carbocycles. The molecule has 1 aromatic heterocycles. The van der Waals surface area contributed by atoms with Gasteiger partial charge in [0.2, 0.25) is 5.43 Å². The van der Waals surface area contributed by atoms with Crippen LogP contribution in [-0.2, 0) is 0 Å². The van der Waals surface area contributed by atoms with E-state index in [0.717, 1.165) is 24.3 Å². The van der Waals surface area contributed by atoms with Gasteiger partial charge in [-0.05, 0) is 12.1 Å². The number of hydrogen-bond acceptors (Lipinski definition) is 5. The highest BCUT2D eigenvalue weighted by molar-refractivity contribution is 5.96. The number of hydrogen-bond donors (Lipinski definition) is 3. The number of fused-ring (bicyclic) bond motifs is 2. The highest BCUT2D eigenvalue weighted by Gasteiger charge is 2.17. The monoisotopic (exact) mass is 262 g/mol. The number of phenolic OH excluding ortho intramolecular Hbond substituents is 3. The zero-order chi connectivity index (χ0) is 13.7. The molecule has 3 N–H and O–H groups in total. The molecule has 0 saturated heterocycles. The van der Waals surface area contributed by atoms with Gasteiger partial charge in [0.15, 0.2) is 11.4 Å². The summed E-state index contributed by atoms with van der Waals surface area (Å²) in [5.41, 5.74) is -1.37. The third-order valence-electron chi connectivity index (χ3n) is 2.82. The summed E-state index contributed by atoms with van der Waals surface area (Å²) in [6.07, 6.45) is 0. The second-order valence-electron chi connectivity index (χ2n) is 4.04. The standard InChI is InChI=1S/C13H7FO5/c14-6-1-2-7(16)11-12(18)10-8(17)3-5(15)4-9(10)19-13(6)11/h1-4,15-17H. The predicted octanol–water partition coefficient (Wildman–Crippen LogP) is 2.20. The Labute approximate surface area is 104 Å². The molecule has 96 valence electrons. The summed E-state index contributed by atoms with van der Waals surface area (Å²) in [5.74, 6) is -2.10. The Morgan fingerprint density at radius 2 is 1.74 bits per heavy atom. The molecule has 0 amide bonds. The van der Waals surface area contributed by atoms with Gasteiger partial charge in [0, 0.05) is 12.1 Å². The summed E-state index contributed by atoms with van der Waals surface area (Å²) in [4.78, 5) is 12.2. The van der Waals surface area contributed by atoms with Crippen molar-refractivity contribution in [2.75, 3.05) is 0 Å². The number of halogens is 1. The molecule has 0 fully saturated rings. The molecule has 19 heavy (non-hydrogen) atoms. The maximum Gasteiger partial charge on any atom is 0.208 e. The van der Waals surface area contributed by atoms with Gasteiger partial charge in [-0.1, -0.05) is 0 Å². The van der Waals surface area contributed by atoms with Crippen molar-refractivity contribution in [1.82, 2.24) is 0 Å². The molecule has 3 rings (SSSR count). The number of aromatic hydroxyl groups is 3. The Bertz CT molecular complexity index is 882. The van der Waals surface area contributed by atoms with Crippen molar-refractivity contribution in [3.05, 3.63) is 40.3 Å². The summed E-state index contributed by atoms with van der Waals surface area (Å²) < 4.78 is 18.8. The second-order valence-corrected chi connectivity index (χ2v) is 4.04. The van der Waals surface area contributed by atoms with Gasteiger partial charge >= 0.3 is 0 Å². The summed E-state index contributed by atoms with van der Waals surface area (Å²) >= 11 is 0. The van der Waals surface area contributed by atoms with Crippen molar-refractivity contribution in [2.45, 2.75) is 0 Å². The smallest absolute Gasteiger partial charge is 0.208 e. The van der Waals surface area contributed by atoms with Gasteiger partial charge in [0.1, 0.15) is 33.6 Å². The molecule has 0 aliphatic heterocycles. The van der Waals surface area contributed by atoms with Crippen molar-refractivity contribution in [1.29, 1.82) is 0 Å².